The van der Waals surface area contributed by atoms with Crippen LogP contribution in [0.1, 0.15) is 5.69 Å². The number of hydrogen-bond acceptors (Lipinski definition) is 4. The van der Waals surface area contributed by atoms with E-state index >= 15 is 0 Å². The van der Waals surface area contributed by atoms with Crippen molar-refractivity contribution in [1.82, 2.24) is 15.0 Å². The Hall–Kier alpha value is -1.56. The smallest absolute Gasteiger partial charge is 0.186 e. The molecule has 2 aromatic heterocycles. The first-order chi connectivity index (χ1) is 7.58. The SMILES string of the molecule is Cc1nc(-c2ccc(Br)cn2)nc(N)c1F. The molecule has 0 spiro atoms. The van der Waals surface area contributed by atoms with Crippen molar-refractivity contribution in [3.63, 3.8) is 0 Å². The van der Waals surface area contributed by atoms with Crippen molar-refractivity contribution in [1.29, 1.82) is 0 Å². The lowest BCUT2D eigenvalue weighted by atomic mass is 10.3. The molecule has 2 heterocycles. The maximum absolute atomic E-state index is 13.2. The van der Waals surface area contributed by atoms with Gasteiger partial charge >= 0.3 is 0 Å². The Morgan fingerprint density at radius 1 is 1.31 bits per heavy atom. The topological polar surface area (TPSA) is 64.7 Å². The molecule has 0 amide bonds. The summed E-state index contributed by atoms with van der Waals surface area (Å²) in [6, 6.07) is 3.54. The van der Waals surface area contributed by atoms with Crippen LogP contribution in [0.4, 0.5) is 10.2 Å². The van der Waals surface area contributed by atoms with Crippen LogP contribution < -0.4 is 5.73 Å². The Balaban J connectivity index is 2.52. The first-order valence-electron chi connectivity index (χ1n) is 4.49. The van der Waals surface area contributed by atoms with E-state index in [1.165, 1.54) is 6.92 Å². The van der Waals surface area contributed by atoms with Crippen molar-refractivity contribution >= 4 is 21.7 Å². The Bertz CT molecular complexity index is 504. The molecule has 2 N–H and O–H groups in total. The molecule has 0 aliphatic heterocycles. The third kappa shape index (κ3) is 2.01. The number of aryl methyl sites for hydroxylation is 1. The number of nitrogen functional groups attached to an aromatic ring is 1. The quantitative estimate of drug-likeness (QED) is 0.872. The van der Waals surface area contributed by atoms with E-state index in [0.29, 0.717) is 11.5 Å². The average molecular weight is 283 g/mol. The third-order valence-corrected chi connectivity index (χ3v) is 2.47. The summed E-state index contributed by atoms with van der Waals surface area (Å²) in [5, 5.41) is 0. The van der Waals surface area contributed by atoms with Crippen LogP contribution in [0.2, 0.25) is 0 Å². The molecule has 16 heavy (non-hydrogen) atoms. The maximum atomic E-state index is 13.2. The lowest BCUT2D eigenvalue weighted by Crippen LogP contribution is -2.03. The molecule has 0 aromatic carbocycles. The molecule has 0 saturated heterocycles. The Kier molecular flexibility index (Phi) is 2.82. The van der Waals surface area contributed by atoms with Gasteiger partial charge in [-0.1, -0.05) is 0 Å². The summed E-state index contributed by atoms with van der Waals surface area (Å²) in [6.45, 7) is 1.54. The summed E-state index contributed by atoms with van der Waals surface area (Å²) < 4.78 is 14.1. The molecule has 6 heteroatoms. The fourth-order valence-corrected chi connectivity index (χ4v) is 1.44. The largest absolute Gasteiger partial charge is 0.381 e. The van der Waals surface area contributed by atoms with Gasteiger partial charge in [-0.25, -0.2) is 14.4 Å². The molecule has 2 aromatic rings. The lowest BCUT2D eigenvalue weighted by Gasteiger charge is -2.03. The molecule has 0 saturated carbocycles. The van der Waals surface area contributed by atoms with E-state index in [4.69, 9.17) is 5.73 Å². The first kappa shape index (κ1) is 10.9. The van der Waals surface area contributed by atoms with Crippen LogP contribution in [-0.4, -0.2) is 15.0 Å². The molecular weight excluding hydrogens is 275 g/mol. The van der Waals surface area contributed by atoms with E-state index in [0.717, 1.165) is 4.47 Å². The number of rotatable bonds is 1. The summed E-state index contributed by atoms with van der Waals surface area (Å²) in [4.78, 5) is 11.9. The van der Waals surface area contributed by atoms with Crippen LogP contribution in [0.25, 0.3) is 11.5 Å². The van der Waals surface area contributed by atoms with E-state index in [9.17, 15) is 4.39 Å². The van der Waals surface area contributed by atoms with Gasteiger partial charge in [0, 0.05) is 10.7 Å². The van der Waals surface area contributed by atoms with Crippen LogP contribution in [0.3, 0.4) is 0 Å². The number of nitrogens with two attached hydrogens (primary N) is 1. The molecule has 0 atom stereocenters. The summed E-state index contributed by atoms with van der Waals surface area (Å²) in [5.41, 5.74) is 6.19. The molecule has 0 aliphatic carbocycles. The number of nitrogens with zero attached hydrogens (tertiary/aromatic N) is 3. The second kappa shape index (κ2) is 4.13. The van der Waals surface area contributed by atoms with Gasteiger partial charge in [0.1, 0.15) is 5.69 Å². The fraction of sp³-hybridized carbons (Fsp3) is 0.100. The minimum atomic E-state index is -0.583. The van der Waals surface area contributed by atoms with Crippen LogP contribution in [0.15, 0.2) is 22.8 Å². The summed E-state index contributed by atoms with van der Waals surface area (Å²) >= 11 is 3.27. The van der Waals surface area contributed by atoms with Gasteiger partial charge in [0.2, 0.25) is 0 Å². The van der Waals surface area contributed by atoms with E-state index in [1.807, 2.05) is 0 Å². The van der Waals surface area contributed by atoms with Crippen molar-refractivity contribution in [3.05, 3.63) is 34.3 Å². The summed E-state index contributed by atoms with van der Waals surface area (Å²) in [5.74, 6) is -0.419. The number of halogens is 2. The van der Waals surface area contributed by atoms with Gasteiger partial charge < -0.3 is 5.73 Å². The first-order valence-corrected chi connectivity index (χ1v) is 5.29. The third-order valence-electron chi connectivity index (χ3n) is 2.00. The van der Waals surface area contributed by atoms with Gasteiger partial charge in [0.25, 0.3) is 0 Å². The Labute approximate surface area is 99.9 Å². The number of anilines is 1. The molecule has 0 aliphatic rings. The standard InChI is InChI=1S/C10H8BrFN4/c1-5-8(12)9(13)16-10(15-5)7-3-2-6(11)4-14-7/h2-4H,1H3,(H2,13,15,16). The molecule has 0 bridgehead atoms. The monoisotopic (exact) mass is 282 g/mol. The Morgan fingerprint density at radius 2 is 2.06 bits per heavy atom. The maximum Gasteiger partial charge on any atom is 0.186 e. The van der Waals surface area contributed by atoms with Crippen molar-refractivity contribution in [3.8, 4) is 11.5 Å². The predicted octanol–water partition coefficient (Wildman–Crippen LogP) is 2.33. The fourth-order valence-electron chi connectivity index (χ4n) is 1.20. The highest BCUT2D eigenvalue weighted by Crippen LogP contribution is 2.18. The predicted molar refractivity (Wildman–Crippen MR) is 62.1 cm³/mol. The van der Waals surface area contributed by atoms with Gasteiger partial charge in [0.15, 0.2) is 17.5 Å². The van der Waals surface area contributed by atoms with Gasteiger partial charge in [-0.15, -0.1) is 0 Å². The second-order valence-electron chi connectivity index (χ2n) is 3.19. The van der Waals surface area contributed by atoms with E-state index in [-0.39, 0.29) is 11.5 Å². The van der Waals surface area contributed by atoms with E-state index < -0.39 is 5.82 Å². The van der Waals surface area contributed by atoms with Crippen molar-refractivity contribution < 1.29 is 4.39 Å². The lowest BCUT2D eigenvalue weighted by molar-refractivity contribution is 0.608. The minimum Gasteiger partial charge on any atom is -0.381 e. The average Bonchev–Trinajstić information content (AvgIpc) is 2.26. The molecule has 82 valence electrons. The molecule has 0 fully saturated rings. The number of pyridine rings is 1. The minimum absolute atomic E-state index is 0.160. The van der Waals surface area contributed by atoms with Crippen molar-refractivity contribution in [2.45, 2.75) is 6.92 Å². The highest BCUT2D eigenvalue weighted by molar-refractivity contribution is 9.10. The normalized spacial score (nSPS) is 10.4. The van der Waals surface area contributed by atoms with Gasteiger partial charge in [-0.3, -0.25) is 4.98 Å². The molecule has 0 radical (unpaired) electrons. The van der Waals surface area contributed by atoms with Gasteiger partial charge in [-0.05, 0) is 35.0 Å². The van der Waals surface area contributed by atoms with Crippen LogP contribution in [0.5, 0.6) is 0 Å². The van der Waals surface area contributed by atoms with E-state index in [1.54, 1.807) is 18.3 Å². The Morgan fingerprint density at radius 3 is 2.62 bits per heavy atom. The van der Waals surface area contributed by atoms with Gasteiger partial charge in [0.05, 0.1) is 5.69 Å². The number of hydrogen-bond donors (Lipinski definition) is 1. The zero-order valence-electron chi connectivity index (χ0n) is 8.41. The van der Waals surface area contributed by atoms with Crippen molar-refractivity contribution in [2.24, 2.45) is 0 Å². The highest BCUT2D eigenvalue weighted by atomic mass is 79.9. The zero-order valence-corrected chi connectivity index (χ0v) is 9.99. The van der Waals surface area contributed by atoms with E-state index in [2.05, 4.69) is 30.9 Å². The van der Waals surface area contributed by atoms with Gasteiger partial charge in [-0.2, -0.15) is 0 Å². The molecule has 4 nitrogen and oxygen atoms in total. The molecule has 2 rings (SSSR count). The molecular formula is C10H8BrFN4. The zero-order chi connectivity index (χ0) is 11.7. The van der Waals surface area contributed by atoms with Crippen LogP contribution in [0, 0.1) is 12.7 Å². The summed E-state index contributed by atoms with van der Waals surface area (Å²) in [6.07, 6.45) is 1.62. The second-order valence-corrected chi connectivity index (χ2v) is 4.11. The van der Waals surface area contributed by atoms with Crippen LogP contribution in [-0.2, 0) is 0 Å². The number of aromatic nitrogens is 3. The van der Waals surface area contributed by atoms with Crippen LogP contribution >= 0.6 is 15.9 Å². The summed E-state index contributed by atoms with van der Waals surface area (Å²) in [7, 11) is 0. The molecule has 0 unspecified atom stereocenters. The van der Waals surface area contributed by atoms with Crippen molar-refractivity contribution in [2.75, 3.05) is 5.73 Å². The highest BCUT2D eigenvalue weighted by Gasteiger charge is 2.10.